The number of aryl methyl sites for hydroxylation is 1. The molecule has 216 valence electrons. The molecule has 0 aliphatic carbocycles. The zero-order chi connectivity index (χ0) is 29.4. The van der Waals surface area contributed by atoms with E-state index >= 15 is 0 Å². The highest BCUT2D eigenvalue weighted by molar-refractivity contribution is 5.84. The van der Waals surface area contributed by atoms with E-state index in [-0.39, 0.29) is 23.8 Å². The molecule has 3 aliphatic heterocycles. The van der Waals surface area contributed by atoms with E-state index in [4.69, 9.17) is 9.84 Å². The van der Waals surface area contributed by atoms with Crippen LogP contribution >= 0.6 is 0 Å². The van der Waals surface area contributed by atoms with Gasteiger partial charge in [-0.25, -0.2) is 9.78 Å². The standard InChI is InChI=1S/C20H24N2O2.C9H10N4O4/c1-3-13-12-22-9-7-14(13)10-19(22)20(23)16-6-8-21-18-5-4-15(24-2)11-17(16)18;1-11-7-6(8(16)12(2)9(11)17)13(4-10-7)3-5(14)15/h3-6,8,11,13-14,19-20,23H,1,7,9-10,12H2,2H3;4H,3H2,1-2H3,(H,14,15)/t13?,14?,19?,20-;/m0./s1. The number of aliphatic hydroxyl groups is 1. The van der Waals surface area contributed by atoms with E-state index in [1.165, 1.54) is 36.0 Å². The highest BCUT2D eigenvalue weighted by Crippen LogP contribution is 2.42. The van der Waals surface area contributed by atoms with Gasteiger partial charge < -0.3 is 19.5 Å². The largest absolute Gasteiger partial charge is 0.497 e. The highest BCUT2D eigenvalue weighted by Gasteiger charge is 2.42. The number of aromatic nitrogens is 5. The first-order valence-electron chi connectivity index (χ1n) is 13.4. The van der Waals surface area contributed by atoms with Gasteiger partial charge in [0.15, 0.2) is 11.2 Å². The van der Waals surface area contributed by atoms with Gasteiger partial charge in [0, 0.05) is 38.3 Å². The Morgan fingerprint density at radius 2 is 2.00 bits per heavy atom. The molecule has 2 N–H and O–H groups in total. The summed E-state index contributed by atoms with van der Waals surface area (Å²) in [5, 5.41) is 20.8. The zero-order valence-electron chi connectivity index (χ0n) is 23.3. The highest BCUT2D eigenvalue weighted by atomic mass is 16.5. The van der Waals surface area contributed by atoms with Crippen molar-refractivity contribution in [3.8, 4) is 5.75 Å². The minimum atomic E-state index is -1.08. The Morgan fingerprint density at radius 1 is 1.22 bits per heavy atom. The zero-order valence-corrected chi connectivity index (χ0v) is 23.3. The molecule has 3 saturated heterocycles. The first-order valence-corrected chi connectivity index (χ1v) is 13.4. The van der Waals surface area contributed by atoms with E-state index in [1.807, 2.05) is 24.3 Å². The number of aliphatic hydroxyl groups excluding tert-OH is 1. The van der Waals surface area contributed by atoms with Crippen molar-refractivity contribution >= 4 is 28.0 Å². The van der Waals surface area contributed by atoms with Crippen LogP contribution in [0, 0.1) is 11.8 Å². The summed E-state index contributed by atoms with van der Waals surface area (Å²) in [4.78, 5) is 44.8. The number of imidazole rings is 1. The molecule has 4 unspecified atom stereocenters. The first kappa shape index (κ1) is 28.2. The fraction of sp³-hybridized carbons (Fsp3) is 0.414. The van der Waals surface area contributed by atoms with Crippen molar-refractivity contribution in [1.82, 2.24) is 28.6 Å². The third kappa shape index (κ3) is 5.16. The Bertz CT molecular complexity index is 1740. The molecule has 5 atom stereocenters. The first-order chi connectivity index (χ1) is 19.6. The van der Waals surface area contributed by atoms with E-state index in [0.717, 1.165) is 46.3 Å². The molecule has 12 heteroatoms. The number of ether oxygens (including phenoxy) is 1. The second kappa shape index (κ2) is 11.3. The van der Waals surface area contributed by atoms with Crippen LogP contribution in [0.5, 0.6) is 5.75 Å². The van der Waals surface area contributed by atoms with Crippen molar-refractivity contribution in [1.29, 1.82) is 0 Å². The van der Waals surface area contributed by atoms with Crippen molar-refractivity contribution < 1.29 is 19.7 Å². The Morgan fingerprint density at radius 3 is 2.66 bits per heavy atom. The predicted molar refractivity (Wildman–Crippen MR) is 153 cm³/mol. The quantitative estimate of drug-likeness (QED) is 0.335. The number of carboxylic acid groups (broad SMARTS) is 1. The van der Waals surface area contributed by atoms with Crippen molar-refractivity contribution in [2.75, 3.05) is 20.2 Å². The van der Waals surface area contributed by atoms with Crippen molar-refractivity contribution in [2.24, 2.45) is 25.9 Å². The Kier molecular flexibility index (Phi) is 7.78. The molecule has 0 amide bonds. The van der Waals surface area contributed by atoms with Crippen LogP contribution in [0.2, 0.25) is 0 Å². The molecule has 0 saturated carbocycles. The third-order valence-corrected chi connectivity index (χ3v) is 8.34. The Labute approximate surface area is 235 Å². The molecule has 7 rings (SSSR count). The van der Waals surface area contributed by atoms with E-state index in [1.54, 1.807) is 13.3 Å². The SMILES string of the molecule is C=CC1CN2CCC1CC2[C@@H](O)c1ccnc2ccc(OC)cc12.Cn1c(=O)c2c(ncn2CC(=O)O)n(C)c1=O. The van der Waals surface area contributed by atoms with Gasteiger partial charge in [0.2, 0.25) is 0 Å². The average Bonchev–Trinajstić information content (AvgIpc) is 3.41. The molecule has 1 aromatic carbocycles. The predicted octanol–water partition coefficient (Wildman–Crippen LogP) is 1.69. The number of hydrogen-bond acceptors (Lipinski definition) is 8. The van der Waals surface area contributed by atoms with E-state index < -0.39 is 23.3 Å². The number of rotatable bonds is 6. The van der Waals surface area contributed by atoms with Crippen molar-refractivity contribution in [3.05, 3.63) is 75.8 Å². The normalized spacial score (nSPS) is 22.2. The number of benzene rings is 1. The number of carbonyl (C=O) groups is 1. The van der Waals surface area contributed by atoms with Crippen molar-refractivity contribution in [2.45, 2.75) is 31.5 Å². The molecule has 3 aliphatic rings. The summed E-state index contributed by atoms with van der Waals surface area (Å²) in [5.74, 6) is 0.924. The molecule has 41 heavy (non-hydrogen) atoms. The molecule has 3 aromatic heterocycles. The second-order valence-corrected chi connectivity index (χ2v) is 10.6. The topological polar surface area (TPSA) is 145 Å². The van der Waals surface area contributed by atoms with E-state index in [9.17, 15) is 19.5 Å². The van der Waals surface area contributed by atoms with Gasteiger partial charge in [-0.15, -0.1) is 6.58 Å². The molecule has 0 radical (unpaired) electrons. The van der Waals surface area contributed by atoms with Crippen LogP contribution in [0.1, 0.15) is 24.5 Å². The van der Waals surface area contributed by atoms with Gasteiger partial charge in [-0.05, 0) is 61.1 Å². The van der Waals surface area contributed by atoms with Crippen LogP contribution in [0.3, 0.4) is 0 Å². The van der Waals surface area contributed by atoms with Crippen molar-refractivity contribution in [3.63, 3.8) is 0 Å². The fourth-order valence-electron chi connectivity index (χ4n) is 6.11. The van der Waals surface area contributed by atoms with Gasteiger partial charge in [-0.1, -0.05) is 6.08 Å². The average molecular weight is 563 g/mol. The Balaban J connectivity index is 0.000000175. The minimum Gasteiger partial charge on any atom is -0.497 e. The molecule has 12 nitrogen and oxygen atoms in total. The van der Waals surface area contributed by atoms with Crippen LogP contribution in [-0.2, 0) is 25.4 Å². The molecular weight excluding hydrogens is 528 g/mol. The lowest BCUT2D eigenvalue weighted by Gasteiger charge is -2.50. The van der Waals surface area contributed by atoms with Crippen LogP contribution in [0.25, 0.3) is 22.1 Å². The summed E-state index contributed by atoms with van der Waals surface area (Å²) in [6, 6.07) is 7.96. The maximum Gasteiger partial charge on any atom is 0.332 e. The summed E-state index contributed by atoms with van der Waals surface area (Å²) >= 11 is 0. The Hall–Kier alpha value is -4.29. The smallest absolute Gasteiger partial charge is 0.332 e. The summed E-state index contributed by atoms with van der Waals surface area (Å²) in [5.41, 5.74) is 1.08. The van der Waals surface area contributed by atoms with Crippen LogP contribution < -0.4 is 16.0 Å². The monoisotopic (exact) mass is 562 g/mol. The third-order valence-electron chi connectivity index (χ3n) is 8.34. The molecule has 6 heterocycles. The summed E-state index contributed by atoms with van der Waals surface area (Å²) in [7, 11) is 4.47. The van der Waals surface area contributed by atoms with Crippen LogP contribution in [-0.4, -0.2) is 71.0 Å². The maximum atomic E-state index is 11.9. The molecular formula is C29H34N6O6. The maximum absolute atomic E-state index is 11.9. The van der Waals surface area contributed by atoms with Gasteiger partial charge in [0.25, 0.3) is 5.56 Å². The van der Waals surface area contributed by atoms with E-state index in [0.29, 0.717) is 11.8 Å². The summed E-state index contributed by atoms with van der Waals surface area (Å²) in [6.45, 7) is 5.70. The molecule has 2 bridgehead atoms. The second-order valence-electron chi connectivity index (χ2n) is 10.6. The lowest BCUT2D eigenvalue weighted by atomic mass is 9.73. The molecule has 0 spiro atoms. The number of methoxy groups -OCH3 is 1. The minimum absolute atomic E-state index is 0.108. The lowest BCUT2D eigenvalue weighted by Crippen LogP contribution is -2.54. The molecule has 3 fully saturated rings. The van der Waals surface area contributed by atoms with Gasteiger partial charge >= 0.3 is 11.7 Å². The van der Waals surface area contributed by atoms with Gasteiger partial charge in [0.05, 0.1) is 25.1 Å². The van der Waals surface area contributed by atoms with Gasteiger partial charge in [-0.2, -0.15) is 0 Å². The summed E-state index contributed by atoms with van der Waals surface area (Å²) < 4.78 is 8.68. The van der Waals surface area contributed by atoms with Crippen LogP contribution in [0.4, 0.5) is 0 Å². The van der Waals surface area contributed by atoms with E-state index in [2.05, 4.69) is 27.5 Å². The molecule has 4 aromatic rings. The number of carboxylic acids is 1. The number of nitrogens with zero attached hydrogens (tertiary/aromatic N) is 6. The number of hydrogen-bond donors (Lipinski definition) is 2. The summed E-state index contributed by atoms with van der Waals surface area (Å²) in [6.07, 6.45) is 6.86. The fourth-order valence-corrected chi connectivity index (χ4v) is 6.11. The number of pyridine rings is 1. The van der Waals surface area contributed by atoms with Crippen LogP contribution in [0.15, 0.2) is 59.0 Å². The number of piperidine rings is 3. The van der Waals surface area contributed by atoms with Gasteiger partial charge in [0.1, 0.15) is 12.3 Å². The lowest BCUT2D eigenvalue weighted by molar-refractivity contribution is -0.137. The number of aliphatic carboxylic acids is 1. The number of fused-ring (bicyclic) bond motifs is 5. The van der Waals surface area contributed by atoms with Gasteiger partial charge in [-0.3, -0.25) is 28.6 Å².